The number of carboxylic acid groups (broad SMARTS) is 1. The molecule has 0 radical (unpaired) electrons. The highest BCUT2D eigenvalue weighted by Crippen LogP contribution is 2.60. The quantitative estimate of drug-likeness (QED) is 0.614. The lowest BCUT2D eigenvalue weighted by Gasteiger charge is -2.33. The van der Waals surface area contributed by atoms with Gasteiger partial charge < -0.3 is 29.4 Å². The number of benzene rings is 1. The van der Waals surface area contributed by atoms with Crippen molar-refractivity contribution in [1.29, 1.82) is 0 Å². The van der Waals surface area contributed by atoms with Crippen LogP contribution in [0.15, 0.2) is 17.1 Å². The van der Waals surface area contributed by atoms with Crippen LogP contribution in [-0.2, 0) is 4.74 Å². The lowest BCUT2D eigenvalue weighted by Crippen LogP contribution is -2.54. The van der Waals surface area contributed by atoms with Crippen molar-refractivity contribution in [3.63, 3.8) is 0 Å². The second kappa shape index (κ2) is 8.06. The Morgan fingerprint density at radius 1 is 1.24 bits per heavy atom. The van der Waals surface area contributed by atoms with Crippen molar-refractivity contribution in [2.24, 2.45) is 5.41 Å². The number of hydrogen-bond donors (Lipinski definition) is 2. The van der Waals surface area contributed by atoms with Gasteiger partial charge in [0.15, 0.2) is 11.6 Å². The number of hydrogen-bond acceptors (Lipinski definition) is 6. The van der Waals surface area contributed by atoms with Crippen molar-refractivity contribution < 1.29 is 33.0 Å². The van der Waals surface area contributed by atoms with Crippen LogP contribution in [0.2, 0.25) is 0 Å². The number of anilines is 1. The maximum absolute atomic E-state index is 15.8. The van der Waals surface area contributed by atoms with E-state index < -0.39 is 52.2 Å². The molecule has 1 aliphatic heterocycles. The van der Waals surface area contributed by atoms with E-state index in [1.807, 2.05) is 6.92 Å². The largest absolute Gasteiger partial charge is 0.492 e. The molecule has 11 heteroatoms. The third-order valence-corrected chi connectivity index (χ3v) is 7.79. The Morgan fingerprint density at radius 3 is 2.41 bits per heavy atom. The van der Waals surface area contributed by atoms with Gasteiger partial charge in [0, 0.05) is 31.1 Å². The number of aromatic nitrogens is 1. The zero-order valence-corrected chi connectivity index (χ0v) is 21.5. The molecule has 3 aliphatic rings. The molecule has 1 aromatic carbocycles. The van der Waals surface area contributed by atoms with Crippen LogP contribution in [0.5, 0.6) is 5.75 Å². The Bertz CT molecular complexity index is 1380. The zero-order valence-electron chi connectivity index (χ0n) is 21.5. The molecule has 2 heterocycles. The first-order chi connectivity index (χ1) is 17.2. The summed E-state index contributed by atoms with van der Waals surface area (Å²) in [7, 11) is 1.33. The fourth-order valence-electron chi connectivity index (χ4n) is 5.65. The molecular weight excluding hydrogens is 488 g/mol. The monoisotopic (exact) mass is 519 g/mol. The molecule has 1 saturated heterocycles. The number of methoxy groups -OCH3 is 1. The fraction of sp³-hybridized carbons (Fsp3) is 0.577. The van der Waals surface area contributed by atoms with E-state index in [2.05, 4.69) is 5.32 Å². The average molecular weight is 520 g/mol. The minimum absolute atomic E-state index is 0.0282. The molecule has 37 heavy (non-hydrogen) atoms. The molecule has 3 fully saturated rings. The van der Waals surface area contributed by atoms with Gasteiger partial charge in [-0.1, -0.05) is 0 Å². The summed E-state index contributed by atoms with van der Waals surface area (Å²) in [5, 5.41) is 12.3. The molecule has 1 spiro atoms. The molecule has 1 unspecified atom stereocenters. The molecule has 200 valence electrons. The van der Waals surface area contributed by atoms with Gasteiger partial charge in [-0.25, -0.2) is 18.4 Å². The van der Waals surface area contributed by atoms with E-state index >= 15 is 4.39 Å². The van der Waals surface area contributed by atoms with Crippen molar-refractivity contribution in [2.75, 3.05) is 25.1 Å². The van der Waals surface area contributed by atoms with Crippen LogP contribution in [0.4, 0.5) is 19.3 Å². The van der Waals surface area contributed by atoms with Crippen LogP contribution >= 0.6 is 0 Å². The van der Waals surface area contributed by atoms with E-state index in [-0.39, 0.29) is 40.7 Å². The van der Waals surface area contributed by atoms with Gasteiger partial charge >= 0.3 is 12.1 Å². The maximum atomic E-state index is 15.8. The topological polar surface area (TPSA) is 110 Å². The minimum atomic E-state index is -1.47. The second-order valence-corrected chi connectivity index (χ2v) is 11.6. The summed E-state index contributed by atoms with van der Waals surface area (Å²) in [4.78, 5) is 39.1. The first-order valence-corrected chi connectivity index (χ1v) is 12.3. The standard InChI is InChI=1S/C26H31F2N3O6/c1-24(2,3)37-23(35)29-25(4)11-30(12-26(25)6-7-26)19-16(28)8-13-18(21(19)36-5)31(17-9-15(17)27)10-14(20(13)32)22(33)34/h8,10,15,17H,6-7,9,11-12H2,1-5H3,(H,29,35)(H,33,34)/t15-,17+,25?/m0/s1. The molecule has 5 rings (SSSR count). The third-order valence-electron chi connectivity index (χ3n) is 7.79. The number of pyridine rings is 1. The molecule has 0 bridgehead atoms. The Labute approximate surface area is 212 Å². The lowest BCUT2D eigenvalue weighted by atomic mass is 9.86. The van der Waals surface area contributed by atoms with Gasteiger partial charge in [-0.2, -0.15) is 0 Å². The van der Waals surface area contributed by atoms with Gasteiger partial charge in [0.25, 0.3) is 0 Å². The van der Waals surface area contributed by atoms with Crippen LogP contribution < -0.4 is 20.4 Å². The first-order valence-electron chi connectivity index (χ1n) is 12.3. The Balaban J connectivity index is 1.62. The number of nitrogens with zero attached hydrogens (tertiary/aromatic N) is 2. The van der Waals surface area contributed by atoms with E-state index in [4.69, 9.17) is 9.47 Å². The van der Waals surface area contributed by atoms with Crippen molar-refractivity contribution >= 4 is 28.7 Å². The van der Waals surface area contributed by atoms with E-state index in [9.17, 15) is 23.9 Å². The Hall–Kier alpha value is -3.37. The molecule has 1 amide bonds. The van der Waals surface area contributed by atoms with Gasteiger partial charge in [0.2, 0.25) is 5.43 Å². The number of fused-ring (bicyclic) bond motifs is 1. The van der Waals surface area contributed by atoms with Crippen molar-refractivity contribution in [3.8, 4) is 5.75 Å². The SMILES string of the molecule is COc1c(N2CC3(CC3)C(C)(NC(=O)OC(C)(C)C)C2)c(F)cc2c(=O)c(C(=O)O)cn([C@@H]3C[C@@H]3F)c12. The van der Waals surface area contributed by atoms with Crippen LogP contribution in [0, 0.1) is 11.2 Å². The van der Waals surface area contributed by atoms with Crippen LogP contribution in [0.25, 0.3) is 10.9 Å². The molecule has 1 aromatic heterocycles. The fourth-order valence-corrected chi connectivity index (χ4v) is 5.65. The molecule has 2 saturated carbocycles. The molecule has 9 nitrogen and oxygen atoms in total. The van der Waals surface area contributed by atoms with Gasteiger partial charge in [-0.15, -0.1) is 0 Å². The summed E-state index contributed by atoms with van der Waals surface area (Å²) in [5.41, 5.74) is -2.90. The summed E-state index contributed by atoms with van der Waals surface area (Å²) >= 11 is 0. The molecule has 2 N–H and O–H groups in total. The average Bonchev–Trinajstić information content (AvgIpc) is 3.67. The summed E-state index contributed by atoms with van der Waals surface area (Å²) < 4.78 is 42.4. The number of alkyl carbamates (subject to hydrolysis) is 1. The Kier molecular flexibility index (Phi) is 5.51. The van der Waals surface area contributed by atoms with E-state index in [0.29, 0.717) is 6.54 Å². The van der Waals surface area contributed by atoms with Gasteiger partial charge in [0.05, 0.1) is 29.6 Å². The first kappa shape index (κ1) is 25.3. The Morgan fingerprint density at radius 2 is 1.89 bits per heavy atom. The molecular formula is C26H31F2N3O6. The van der Waals surface area contributed by atoms with Crippen LogP contribution in [0.1, 0.15) is 63.4 Å². The lowest BCUT2D eigenvalue weighted by molar-refractivity contribution is 0.0439. The number of alkyl halides is 1. The van der Waals surface area contributed by atoms with Crippen molar-refractivity contribution in [1.82, 2.24) is 9.88 Å². The highest BCUT2D eigenvalue weighted by molar-refractivity contribution is 5.97. The highest BCUT2D eigenvalue weighted by atomic mass is 19.1. The highest BCUT2D eigenvalue weighted by Gasteiger charge is 2.63. The van der Waals surface area contributed by atoms with E-state index in [1.165, 1.54) is 11.7 Å². The number of ether oxygens (including phenoxy) is 2. The number of rotatable bonds is 5. The van der Waals surface area contributed by atoms with Gasteiger partial charge in [-0.3, -0.25) is 4.79 Å². The maximum Gasteiger partial charge on any atom is 0.408 e. The van der Waals surface area contributed by atoms with Crippen molar-refractivity contribution in [2.45, 2.75) is 70.3 Å². The summed E-state index contributed by atoms with van der Waals surface area (Å²) in [5.74, 6) is -2.21. The van der Waals surface area contributed by atoms with Gasteiger partial charge in [-0.05, 0) is 46.6 Å². The predicted octanol–water partition coefficient (Wildman–Crippen LogP) is 4.01. The molecule has 2 aromatic rings. The van der Waals surface area contributed by atoms with E-state index in [1.54, 1.807) is 25.7 Å². The van der Waals surface area contributed by atoms with Crippen LogP contribution in [0.3, 0.4) is 0 Å². The number of amides is 1. The zero-order chi connectivity index (χ0) is 27.1. The number of carbonyl (C=O) groups is 2. The summed E-state index contributed by atoms with van der Waals surface area (Å²) in [6, 6.07) is 0.325. The van der Waals surface area contributed by atoms with E-state index in [0.717, 1.165) is 25.1 Å². The predicted molar refractivity (Wildman–Crippen MR) is 132 cm³/mol. The molecule has 2 aliphatic carbocycles. The third kappa shape index (κ3) is 4.08. The van der Waals surface area contributed by atoms with Crippen LogP contribution in [-0.4, -0.2) is 59.2 Å². The number of carboxylic acids is 1. The second-order valence-electron chi connectivity index (χ2n) is 11.6. The number of aromatic carboxylic acids is 1. The molecule has 3 atom stereocenters. The minimum Gasteiger partial charge on any atom is -0.492 e. The normalized spacial score (nSPS) is 25.9. The summed E-state index contributed by atoms with van der Waals surface area (Å²) in [6.45, 7) is 7.89. The number of halogens is 2. The van der Waals surface area contributed by atoms with Gasteiger partial charge in [0.1, 0.15) is 23.0 Å². The number of nitrogens with one attached hydrogen (secondary N) is 1. The van der Waals surface area contributed by atoms with Crippen molar-refractivity contribution in [3.05, 3.63) is 33.9 Å². The summed E-state index contributed by atoms with van der Waals surface area (Å²) in [6.07, 6.45) is 1.14. The number of carbonyl (C=O) groups excluding carboxylic acids is 1. The smallest absolute Gasteiger partial charge is 0.408 e.